The lowest BCUT2D eigenvalue weighted by molar-refractivity contribution is 0.253. The molecule has 1 aromatic heterocycles. The van der Waals surface area contributed by atoms with E-state index in [1.807, 2.05) is 19.2 Å². The first kappa shape index (κ1) is 12.1. The van der Waals surface area contributed by atoms with Crippen molar-refractivity contribution in [3.8, 4) is 0 Å². The van der Waals surface area contributed by atoms with Gasteiger partial charge < -0.3 is 9.88 Å². The largest absolute Gasteiger partial charge is 0.343 e. The molecule has 0 bridgehead atoms. The van der Waals surface area contributed by atoms with Gasteiger partial charge in [0.25, 0.3) is 0 Å². The summed E-state index contributed by atoms with van der Waals surface area (Å²) < 4.78 is 0. The fourth-order valence-corrected chi connectivity index (χ4v) is 2.41. The molecule has 3 nitrogen and oxygen atoms in total. The third-order valence-corrected chi connectivity index (χ3v) is 3.48. The Kier molecular flexibility index (Phi) is 3.79. The molecule has 0 unspecified atom stereocenters. The van der Waals surface area contributed by atoms with Crippen LogP contribution in [-0.2, 0) is 0 Å². The molecular formula is C14H21N3. The van der Waals surface area contributed by atoms with E-state index in [0.717, 1.165) is 11.4 Å². The summed E-state index contributed by atoms with van der Waals surface area (Å²) in [6.07, 6.45) is 6.14. The molecule has 1 N–H and O–H groups in total. The number of aliphatic imine (C=N–C) groups is 1. The van der Waals surface area contributed by atoms with E-state index in [9.17, 15) is 0 Å². The Balaban J connectivity index is 2.18. The molecule has 0 atom stereocenters. The van der Waals surface area contributed by atoms with Crippen molar-refractivity contribution in [3.05, 3.63) is 23.9 Å². The summed E-state index contributed by atoms with van der Waals surface area (Å²) in [7, 11) is 2.19. The number of rotatable bonds is 3. The Morgan fingerprint density at radius 1 is 1.47 bits per heavy atom. The molecule has 0 spiro atoms. The van der Waals surface area contributed by atoms with Crippen LogP contribution >= 0.6 is 0 Å². The lowest BCUT2D eigenvalue weighted by Gasteiger charge is -2.28. The Bertz CT molecular complexity index is 409. The second-order valence-corrected chi connectivity index (χ2v) is 4.70. The van der Waals surface area contributed by atoms with E-state index in [0.29, 0.717) is 5.92 Å². The average molecular weight is 231 g/mol. The zero-order valence-corrected chi connectivity index (χ0v) is 10.7. The van der Waals surface area contributed by atoms with Gasteiger partial charge in [-0.25, -0.2) is 4.99 Å². The summed E-state index contributed by atoms with van der Waals surface area (Å²) >= 11 is 0. The van der Waals surface area contributed by atoms with Crippen LogP contribution in [0.3, 0.4) is 0 Å². The summed E-state index contributed by atoms with van der Waals surface area (Å²) in [6.45, 7) is 8.14. The highest BCUT2D eigenvalue weighted by atomic mass is 15.1. The highest BCUT2D eigenvalue weighted by Crippen LogP contribution is 2.31. The normalized spacial score (nSPS) is 18.9. The minimum Gasteiger partial charge on any atom is -0.343 e. The topological polar surface area (TPSA) is 31.4 Å². The van der Waals surface area contributed by atoms with Crippen LogP contribution in [0, 0.1) is 0 Å². The Labute approximate surface area is 103 Å². The van der Waals surface area contributed by atoms with Gasteiger partial charge in [-0.2, -0.15) is 0 Å². The van der Waals surface area contributed by atoms with E-state index < -0.39 is 0 Å². The van der Waals surface area contributed by atoms with Crippen molar-refractivity contribution < 1.29 is 0 Å². The lowest BCUT2D eigenvalue weighted by atomic mass is 9.94. The minimum atomic E-state index is 0.644. The van der Waals surface area contributed by atoms with Crippen LogP contribution in [0.4, 0.5) is 5.82 Å². The smallest absolute Gasteiger partial charge is 0.136 e. The van der Waals surface area contributed by atoms with Crippen LogP contribution in [0.25, 0.3) is 6.08 Å². The molecular weight excluding hydrogens is 210 g/mol. The van der Waals surface area contributed by atoms with E-state index in [4.69, 9.17) is 0 Å². The van der Waals surface area contributed by atoms with E-state index in [1.165, 1.54) is 31.6 Å². The first-order chi connectivity index (χ1) is 8.24. The van der Waals surface area contributed by atoms with Crippen molar-refractivity contribution in [3.63, 3.8) is 0 Å². The second-order valence-electron chi connectivity index (χ2n) is 4.70. The van der Waals surface area contributed by atoms with Crippen LogP contribution in [0.1, 0.15) is 36.9 Å². The Morgan fingerprint density at radius 2 is 2.18 bits per heavy atom. The standard InChI is InChI=1S/C14H21N3/c1-4-11-10-13(16-14(11)15-5-2)12-6-8-17(3)9-7-12/h4-5,10,12,16H,1,6-9H2,2-3H3. The van der Waals surface area contributed by atoms with E-state index >= 15 is 0 Å². The maximum atomic E-state index is 4.35. The maximum Gasteiger partial charge on any atom is 0.136 e. The quantitative estimate of drug-likeness (QED) is 0.796. The first-order valence-electron chi connectivity index (χ1n) is 6.27. The summed E-state index contributed by atoms with van der Waals surface area (Å²) in [5.74, 6) is 1.59. The molecule has 1 fully saturated rings. The Morgan fingerprint density at radius 3 is 2.76 bits per heavy atom. The van der Waals surface area contributed by atoms with Gasteiger partial charge in [-0.05, 0) is 46.0 Å². The van der Waals surface area contributed by atoms with Crippen molar-refractivity contribution in [2.24, 2.45) is 4.99 Å². The molecule has 17 heavy (non-hydrogen) atoms. The highest BCUT2D eigenvalue weighted by Gasteiger charge is 2.20. The van der Waals surface area contributed by atoms with Crippen molar-refractivity contribution >= 4 is 18.1 Å². The zero-order valence-electron chi connectivity index (χ0n) is 10.7. The van der Waals surface area contributed by atoms with Crippen molar-refractivity contribution in [1.82, 2.24) is 9.88 Å². The zero-order chi connectivity index (χ0) is 12.3. The van der Waals surface area contributed by atoms with E-state index in [-0.39, 0.29) is 0 Å². The molecule has 1 aromatic rings. The summed E-state index contributed by atoms with van der Waals surface area (Å²) in [4.78, 5) is 10.2. The van der Waals surface area contributed by atoms with Gasteiger partial charge in [0.2, 0.25) is 0 Å². The predicted octanol–water partition coefficient (Wildman–Crippen LogP) is 3.19. The minimum absolute atomic E-state index is 0.644. The molecule has 1 saturated heterocycles. The summed E-state index contributed by atoms with van der Waals surface area (Å²) in [5.41, 5.74) is 2.42. The molecule has 0 radical (unpaired) electrons. The van der Waals surface area contributed by atoms with Gasteiger partial charge in [0.15, 0.2) is 0 Å². The fourth-order valence-electron chi connectivity index (χ4n) is 2.41. The molecule has 1 aliphatic rings. The van der Waals surface area contributed by atoms with Crippen molar-refractivity contribution in [2.75, 3.05) is 20.1 Å². The molecule has 0 saturated carbocycles. The van der Waals surface area contributed by atoms with Crippen LogP contribution in [0.5, 0.6) is 0 Å². The number of hydrogen-bond acceptors (Lipinski definition) is 2. The van der Waals surface area contributed by atoms with Crippen LogP contribution in [0.15, 0.2) is 17.6 Å². The number of nitrogens with zero attached hydrogens (tertiary/aromatic N) is 2. The molecule has 2 rings (SSSR count). The number of piperidine rings is 1. The number of H-pyrrole nitrogens is 1. The van der Waals surface area contributed by atoms with Crippen molar-refractivity contribution in [2.45, 2.75) is 25.7 Å². The van der Waals surface area contributed by atoms with Gasteiger partial charge in [-0.1, -0.05) is 12.7 Å². The molecule has 0 aliphatic carbocycles. The highest BCUT2D eigenvalue weighted by molar-refractivity contribution is 5.67. The van der Waals surface area contributed by atoms with E-state index in [2.05, 4.69) is 34.6 Å². The molecule has 1 aliphatic heterocycles. The van der Waals surface area contributed by atoms with Gasteiger partial charge in [-0.3, -0.25) is 0 Å². The van der Waals surface area contributed by atoms with E-state index in [1.54, 1.807) is 0 Å². The van der Waals surface area contributed by atoms with Crippen LogP contribution in [0.2, 0.25) is 0 Å². The molecule has 0 amide bonds. The molecule has 3 heteroatoms. The predicted molar refractivity (Wildman–Crippen MR) is 74.2 cm³/mol. The molecule has 0 aromatic carbocycles. The van der Waals surface area contributed by atoms with Gasteiger partial charge in [0.05, 0.1) is 0 Å². The van der Waals surface area contributed by atoms with Gasteiger partial charge in [0.1, 0.15) is 5.82 Å². The second kappa shape index (κ2) is 5.32. The number of likely N-dealkylation sites (tertiary alicyclic amines) is 1. The summed E-state index contributed by atoms with van der Waals surface area (Å²) in [6, 6.07) is 2.20. The Hall–Kier alpha value is -1.35. The monoisotopic (exact) mass is 231 g/mol. The van der Waals surface area contributed by atoms with Crippen molar-refractivity contribution in [1.29, 1.82) is 0 Å². The van der Waals surface area contributed by atoms with Gasteiger partial charge in [0, 0.05) is 23.4 Å². The van der Waals surface area contributed by atoms with Gasteiger partial charge in [-0.15, -0.1) is 0 Å². The maximum absolute atomic E-state index is 4.35. The number of aromatic amines is 1. The van der Waals surface area contributed by atoms with Gasteiger partial charge >= 0.3 is 0 Å². The lowest BCUT2D eigenvalue weighted by Crippen LogP contribution is -2.29. The van der Waals surface area contributed by atoms with Crippen LogP contribution < -0.4 is 0 Å². The number of hydrogen-bond donors (Lipinski definition) is 1. The van der Waals surface area contributed by atoms with Crippen LogP contribution in [-0.4, -0.2) is 36.2 Å². The fraction of sp³-hybridized carbons (Fsp3) is 0.500. The number of nitrogens with one attached hydrogen (secondary N) is 1. The third kappa shape index (κ3) is 2.67. The SMILES string of the molecule is C=Cc1cc(C2CCN(C)CC2)[nH]c1N=CC. The number of aromatic nitrogens is 1. The summed E-state index contributed by atoms with van der Waals surface area (Å²) in [5, 5.41) is 0. The third-order valence-electron chi connectivity index (χ3n) is 3.48. The average Bonchev–Trinajstić information content (AvgIpc) is 2.74. The molecule has 92 valence electrons. The molecule has 2 heterocycles. The first-order valence-corrected chi connectivity index (χ1v) is 6.27.